The molecular weight excluding hydrogens is 394 g/mol. The summed E-state index contributed by atoms with van der Waals surface area (Å²) in [5.74, 6) is 0.871. The van der Waals surface area contributed by atoms with E-state index in [9.17, 15) is 0 Å². The molecule has 3 rings (SSSR count). The summed E-state index contributed by atoms with van der Waals surface area (Å²) < 4.78 is 5.57. The van der Waals surface area contributed by atoms with Gasteiger partial charge in [0.2, 0.25) is 0 Å². The Morgan fingerprint density at radius 1 is 1.20 bits per heavy atom. The molecule has 1 fully saturated rings. The summed E-state index contributed by atoms with van der Waals surface area (Å²) in [5, 5.41) is 8.04. The molecular formula is C23H35N5OS. The van der Waals surface area contributed by atoms with Crippen LogP contribution in [-0.4, -0.2) is 61.8 Å². The van der Waals surface area contributed by atoms with Gasteiger partial charge >= 0.3 is 0 Å². The van der Waals surface area contributed by atoms with Gasteiger partial charge in [0.25, 0.3) is 0 Å². The van der Waals surface area contributed by atoms with E-state index in [1.807, 2.05) is 6.20 Å². The van der Waals surface area contributed by atoms with Gasteiger partial charge in [-0.3, -0.25) is 9.89 Å². The number of thiazole rings is 1. The van der Waals surface area contributed by atoms with Gasteiger partial charge in [-0.05, 0) is 25.8 Å². The molecule has 1 aliphatic rings. The molecule has 0 amide bonds. The molecule has 2 aromatic rings. The molecule has 0 spiro atoms. The van der Waals surface area contributed by atoms with Gasteiger partial charge in [-0.2, -0.15) is 0 Å². The molecule has 1 aliphatic heterocycles. The van der Waals surface area contributed by atoms with Crippen molar-refractivity contribution in [3.8, 4) is 0 Å². The number of benzene rings is 1. The lowest BCUT2D eigenvalue weighted by molar-refractivity contribution is 0.0179. The summed E-state index contributed by atoms with van der Waals surface area (Å²) in [7, 11) is 0. The average Bonchev–Trinajstić information content (AvgIpc) is 3.24. The van der Waals surface area contributed by atoms with Crippen LogP contribution in [0.15, 0.2) is 35.5 Å². The number of guanidine groups is 1. The molecule has 1 atom stereocenters. The minimum absolute atomic E-state index is 0.260. The van der Waals surface area contributed by atoms with E-state index >= 15 is 0 Å². The third-order valence-electron chi connectivity index (χ3n) is 5.30. The van der Waals surface area contributed by atoms with E-state index < -0.39 is 0 Å². The Morgan fingerprint density at radius 3 is 2.63 bits per heavy atom. The Balaban J connectivity index is 1.64. The zero-order valence-electron chi connectivity index (χ0n) is 18.5. The smallest absolute Gasteiger partial charge is 0.191 e. The predicted molar refractivity (Wildman–Crippen MR) is 125 cm³/mol. The molecule has 0 bridgehead atoms. The van der Waals surface area contributed by atoms with E-state index in [0.29, 0.717) is 0 Å². The van der Waals surface area contributed by atoms with Gasteiger partial charge in [-0.25, -0.2) is 4.98 Å². The van der Waals surface area contributed by atoms with Crippen molar-refractivity contribution in [1.29, 1.82) is 0 Å². The fourth-order valence-corrected chi connectivity index (χ4v) is 4.41. The number of aromatic nitrogens is 1. The molecule has 164 valence electrons. The zero-order valence-corrected chi connectivity index (χ0v) is 19.3. The molecule has 1 saturated heterocycles. The zero-order chi connectivity index (χ0) is 21.2. The van der Waals surface area contributed by atoms with Crippen LogP contribution in [0.4, 0.5) is 0 Å². The van der Waals surface area contributed by atoms with Crippen molar-refractivity contribution in [1.82, 2.24) is 20.5 Å². The minimum atomic E-state index is 0.260. The van der Waals surface area contributed by atoms with Gasteiger partial charge in [0.1, 0.15) is 0 Å². The Labute approximate surface area is 184 Å². The Hall–Kier alpha value is -1.96. The topological polar surface area (TPSA) is 61.8 Å². The number of nitrogens with zero attached hydrogens (tertiary/aromatic N) is 3. The van der Waals surface area contributed by atoms with E-state index in [-0.39, 0.29) is 6.04 Å². The normalized spacial score (nSPS) is 16.4. The van der Waals surface area contributed by atoms with Crippen molar-refractivity contribution < 1.29 is 4.74 Å². The second-order valence-corrected chi connectivity index (χ2v) is 8.74. The highest BCUT2D eigenvalue weighted by Gasteiger charge is 2.22. The van der Waals surface area contributed by atoms with Crippen LogP contribution in [0.1, 0.15) is 40.9 Å². The number of morpholine rings is 1. The Morgan fingerprint density at radius 2 is 1.97 bits per heavy atom. The van der Waals surface area contributed by atoms with Gasteiger partial charge < -0.3 is 15.4 Å². The standard InChI is InChI=1S/C23H35N5OS/c1-4-20-16-26-22(30-20)10-11-25-23(24-5-2)27-17-21(28-12-14-29-15-13-28)19-8-6-18(3)7-9-19/h6-9,16,21H,4-5,10-15,17H2,1-3H3,(H2,24,25,27). The summed E-state index contributed by atoms with van der Waals surface area (Å²) in [4.78, 5) is 13.3. The molecule has 2 heterocycles. The quantitative estimate of drug-likeness (QED) is 0.474. The lowest BCUT2D eigenvalue weighted by atomic mass is 10.0. The van der Waals surface area contributed by atoms with Crippen LogP contribution in [0.25, 0.3) is 0 Å². The molecule has 0 aliphatic carbocycles. The van der Waals surface area contributed by atoms with Crippen LogP contribution in [0.3, 0.4) is 0 Å². The number of nitrogens with one attached hydrogen (secondary N) is 2. The molecule has 6 nitrogen and oxygen atoms in total. The summed E-state index contributed by atoms with van der Waals surface area (Å²) in [6.45, 7) is 12.3. The summed E-state index contributed by atoms with van der Waals surface area (Å²) >= 11 is 1.80. The van der Waals surface area contributed by atoms with Gasteiger partial charge in [0.15, 0.2) is 5.96 Å². The van der Waals surface area contributed by atoms with Crippen molar-refractivity contribution in [2.24, 2.45) is 4.99 Å². The predicted octanol–water partition coefficient (Wildman–Crippen LogP) is 3.19. The Bertz CT molecular complexity index is 783. The monoisotopic (exact) mass is 429 g/mol. The summed E-state index contributed by atoms with van der Waals surface area (Å²) in [6, 6.07) is 9.11. The van der Waals surface area contributed by atoms with E-state index in [0.717, 1.165) is 64.7 Å². The largest absolute Gasteiger partial charge is 0.379 e. The maximum atomic E-state index is 5.57. The lowest BCUT2D eigenvalue weighted by Crippen LogP contribution is -2.42. The van der Waals surface area contributed by atoms with Gasteiger partial charge in [0, 0.05) is 43.7 Å². The van der Waals surface area contributed by atoms with E-state index in [2.05, 4.69) is 65.6 Å². The highest BCUT2D eigenvalue weighted by molar-refractivity contribution is 7.11. The lowest BCUT2D eigenvalue weighted by Gasteiger charge is -2.34. The number of hydrogen-bond donors (Lipinski definition) is 2. The van der Waals surface area contributed by atoms with Gasteiger partial charge in [-0.1, -0.05) is 36.8 Å². The van der Waals surface area contributed by atoms with Gasteiger partial charge in [-0.15, -0.1) is 11.3 Å². The maximum absolute atomic E-state index is 5.57. The SMILES string of the molecule is CCNC(=NCC(c1ccc(C)cc1)N1CCOCC1)NCCc1ncc(CC)s1. The van der Waals surface area contributed by atoms with Crippen LogP contribution in [0.2, 0.25) is 0 Å². The molecule has 7 heteroatoms. The van der Waals surface area contributed by atoms with Crippen LogP contribution >= 0.6 is 11.3 Å². The van der Waals surface area contributed by atoms with Crippen molar-refractivity contribution >= 4 is 17.3 Å². The fourth-order valence-electron chi connectivity index (χ4n) is 3.54. The summed E-state index contributed by atoms with van der Waals surface area (Å²) in [5.41, 5.74) is 2.60. The minimum Gasteiger partial charge on any atom is -0.379 e. The first-order valence-corrected chi connectivity index (χ1v) is 11.8. The molecule has 0 radical (unpaired) electrons. The van der Waals surface area contributed by atoms with E-state index in [1.165, 1.54) is 21.0 Å². The van der Waals surface area contributed by atoms with Crippen LogP contribution in [0.5, 0.6) is 0 Å². The third kappa shape index (κ3) is 6.79. The number of hydrogen-bond acceptors (Lipinski definition) is 5. The second-order valence-electron chi connectivity index (χ2n) is 7.55. The van der Waals surface area contributed by atoms with Gasteiger partial charge in [0.05, 0.1) is 30.8 Å². The molecule has 1 unspecified atom stereocenters. The Kier molecular flexibility index (Phi) is 9.11. The van der Waals surface area contributed by atoms with Crippen LogP contribution in [0, 0.1) is 6.92 Å². The highest BCUT2D eigenvalue weighted by atomic mass is 32.1. The number of rotatable bonds is 9. The van der Waals surface area contributed by atoms with Crippen molar-refractivity contribution in [2.45, 2.75) is 39.7 Å². The number of aryl methyl sites for hydroxylation is 2. The number of ether oxygens (including phenoxy) is 1. The first-order valence-electron chi connectivity index (χ1n) is 11.0. The number of aliphatic imine (C=N–C) groups is 1. The molecule has 0 saturated carbocycles. The van der Waals surface area contributed by atoms with Crippen molar-refractivity contribution in [3.63, 3.8) is 0 Å². The maximum Gasteiger partial charge on any atom is 0.191 e. The summed E-state index contributed by atoms with van der Waals surface area (Å²) in [6.07, 6.45) is 3.96. The fraction of sp³-hybridized carbons (Fsp3) is 0.565. The van der Waals surface area contributed by atoms with Crippen molar-refractivity contribution in [2.75, 3.05) is 45.9 Å². The highest BCUT2D eigenvalue weighted by Crippen LogP contribution is 2.23. The third-order valence-corrected chi connectivity index (χ3v) is 6.50. The van der Waals surface area contributed by atoms with Crippen LogP contribution in [-0.2, 0) is 17.6 Å². The van der Waals surface area contributed by atoms with Crippen molar-refractivity contribution in [3.05, 3.63) is 51.5 Å². The van der Waals surface area contributed by atoms with E-state index in [1.54, 1.807) is 11.3 Å². The van der Waals surface area contributed by atoms with Crippen LogP contribution < -0.4 is 10.6 Å². The first-order chi connectivity index (χ1) is 14.7. The first kappa shape index (κ1) is 22.7. The second kappa shape index (κ2) is 12.0. The van der Waals surface area contributed by atoms with E-state index in [4.69, 9.17) is 9.73 Å². The molecule has 1 aromatic heterocycles. The molecule has 2 N–H and O–H groups in total. The molecule has 30 heavy (non-hydrogen) atoms. The molecule has 1 aromatic carbocycles. The average molecular weight is 430 g/mol.